The van der Waals surface area contributed by atoms with E-state index < -0.39 is 29.4 Å². The number of hydrogen-bond donors (Lipinski definition) is 0. The Morgan fingerprint density at radius 2 is 1.29 bits per heavy atom. The molecular formula is C42H68O9. The van der Waals surface area contributed by atoms with E-state index in [0.717, 1.165) is 82.5 Å². The van der Waals surface area contributed by atoms with Crippen LogP contribution in [0.2, 0.25) is 0 Å². The van der Waals surface area contributed by atoms with E-state index in [2.05, 4.69) is 13.8 Å². The summed E-state index contributed by atoms with van der Waals surface area (Å²) in [7, 11) is 0. The van der Waals surface area contributed by atoms with Crippen LogP contribution >= 0.6 is 0 Å². The highest BCUT2D eigenvalue weighted by Crippen LogP contribution is 2.67. The number of carbonyl (C=O) groups excluding carboxylic acids is 5. The van der Waals surface area contributed by atoms with E-state index in [-0.39, 0.29) is 36.6 Å². The van der Waals surface area contributed by atoms with Crippen LogP contribution in [-0.4, -0.2) is 55.1 Å². The van der Waals surface area contributed by atoms with Gasteiger partial charge in [-0.3, -0.25) is 24.0 Å². The summed E-state index contributed by atoms with van der Waals surface area (Å²) in [5.74, 6) is 2.06. The van der Waals surface area contributed by atoms with Crippen molar-refractivity contribution in [3.8, 4) is 0 Å². The van der Waals surface area contributed by atoms with Crippen molar-refractivity contribution >= 4 is 29.7 Å². The zero-order valence-electron chi connectivity index (χ0n) is 32.9. The maximum Gasteiger partial charge on any atom is 0.312 e. The summed E-state index contributed by atoms with van der Waals surface area (Å²) in [4.78, 5) is 60.5. The number of unbranched alkanes of at least 4 members (excludes halogenated alkanes) is 6. The molecule has 0 amide bonds. The van der Waals surface area contributed by atoms with Crippen LogP contribution in [-0.2, 0) is 42.9 Å². The second kappa shape index (κ2) is 18.1. The van der Waals surface area contributed by atoms with Gasteiger partial charge in [-0.25, -0.2) is 0 Å². The standard InChI is InChI=1S/C42H68O9/c1-28(43)35-18-19-36-34-17-16-31-25-32(20-23-41(31,6)37(34)21-24-42(35,36)7)50-38(46)15-13-11-9-8-10-12-14-22-40(4,5)39(47)51-33(26-48-29(2)44)27-49-30(3)45/h31-37H,8-27H2,1-7H3/t31-,32+,34-,35+,36-,37-,41-,42+/m0/s1. The van der Waals surface area contributed by atoms with Gasteiger partial charge in [0, 0.05) is 26.2 Å². The molecule has 290 valence electrons. The average molecular weight is 717 g/mol. The fourth-order valence-electron chi connectivity index (χ4n) is 10.9. The molecule has 0 aromatic carbocycles. The van der Waals surface area contributed by atoms with Gasteiger partial charge in [-0.15, -0.1) is 0 Å². The monoisotopic (exact) mass is 716 g/mol. The molecule has 0 aromatic rings. The number of esters is 4. The second-order valence-corrected chi connectivity index (χ2v) is 17.8. The molecule has 9 nitrogen and oxygen atoms in total. The van der Waals surface area contributed by atoms with E-state index in [1.54, 1.807) is 0 Å². The van der Waals surface area contributed by atoms with Crippen LogP contribution in [0.4, 0.5) is 0 Å². The first kappa shape index (κ1) is 41.3. The van der Waals surface area contributed by atoms with Crippen molar-refractivity contribution in [3.63, 3.8) is 0 Å². The van der Waals surface area contributed by atoms with Crippen molar-refractivity contribution in [1.29, 1.82) is 0 Å². The molecule has 4 aliphatic carbocycles. The van der Waals surface area contributed by atoms with Gasteiger partial charge in [0.2, 0.25) is 0 Å². The topological polar surface area (TPSA) is 122 Å². The highest BCUT2D eigenvalue weighted by atomic mass is 16.6. The lowest BCUT2D eigenvalue weighted by Gasteiger charge is -2.61. The Morgan fingerprint density at radius 3 is 1.92 bits per heavy atom. The van der Waals surface area contributed by atoms with Crippen molar-refractivity contribution in [1.82, 2.24) is 0 Å². The highest BCUT2D eigenvalue weighted by molar-refractivity contribution is 5.79. The molecule has 0 bridgehead atoms. The van der Waals surface area contributed by atoms with Gasteiger partial charge >= 0.3 is 23.9 Å². The maximum absolute atomic E-state index is 12.8. The van der Waals surface area contributed by atoms with Crippen LogP contribution in [0, 0.1) is 45.8 Å². The number of Topliss-reactive ketones (excluding diaryl/α,β-unsaturated/α-hetero) is 1. The minimum absolute atomic E-state index is 0.0379. The Labute approximate surface area is 307 Å². The lowest BCUT2D eigenvalue weighted by atomic mass is 9.44. The van der Waals surface area contributed by atoms with E-state index in [1.807, 2.05) is 20.8 Å². The van der Waals surface area contributed by atoms with Crippen molar-refractivity contribution < 1.29 is 42.9 Å². The van der Waals surface area contributed by atoms with Crippen molar-refractivity contribution in [2.75, 3.05) is 13.2 Å². The molecule has 0 saturated heterocycles. The molecule has 9 heteroatoms. The number of hydrogen-bond acceptors (Lipinski definition) is 9. The molecule has 0 unspecified atom stereocenters. The number of fused-ring (bicyclic) bond motifs is 5. The first-order valence-electron chi connectivity index (χ1n) is 20.2. The fraction of sp³-hybridized carbons (Fsp3) is 0.881. The lowest BCUT2D eigenvalue weighted by molar-refractivity contribution is -0.172. The molecule has 0 spiro atoms. The van der Waals surface area contributed by atoms with E-state index in [1.165, 1.54) is 46.0 Å². The number of rotatable bonds is 18. The number of ether oxygens (including phenoxy) is 4. The molecule has 0 aliphatic heterocycles. The quantitative estimate of drug-likeness (QED) is 0.0779. The van der Waals surface area contributed by atoms with Crippen molar-refractivity contribution in [2.45, 2.75) is 176 Å². The summed E-state index contributed by atoms with van der Waals surface area (Å²) in [6.07, 6.45) is 17.8. The molecule has 51 heavy (non-hydrogen) atoms. The average Bonchev–Trinajstić information content (AvgIpc) is 3.42. The van der Waals surface area contributed by atoms with Gasteiger partial charge in [0.05, 0.1) is 5.41 Å². The SMILES string of the molecule is CC(=O)OCC(COC(C)=O)OC(=O)C(C)(C)CCCCCCCCCC(=O)O[C@@H]1CC[C@@]2(C)[C@@H](CC[C@@H]3[C@@H]2CC[C@]2(C)[C@@H](C(C)=O)CC[C@@H]32)C1. The smallest absolute Gasteiger partial charge is 0.312 e. The normalized spacial score (nSPS) is 31.5. The van der Waals surface area contributed by atoms with Crippen LogP contribution < -0.4 is 0 Å². The van der Waals surface area contributed by atoms with E-state index in [9.17, 15) is 24.0 Å². The molecule has 0 heterocycles. The lowest BCUT2D eigenvalue weighted by Crippen LogP contribution is -2.54. The number of ketones is 1. The van der Waals surface area contributed by atoms with Crippen LogP contribution in [0.5, 0.6) is 0 Å². The zero-order valence-corrected chi connectivity index (χ0v) is 32.9. The third-order valence-corrected chi connectivity index (χ3v) is 13.9. The Kier molecular flexibility index (Phi) is 14.6. The van der Waals surface area contributed by atoms with Gasteiger partial charge in [-0.1, -0.05) is 52.4 Å². The molecule has 4 fully saturated rings. The second-order valence-electron chi connectivity index (χ2n) is 17.8. The Hall–Kier alpha value is -2.45. The zero-order chi connectivity index (χ0) is 37.4. The minimum atomic E-state index is -0.838. The molecule has 4 saturated carbocycles. The molecule has 0 N–H and O–H groups in total. The summed E-state index contributed by atoms with van der Waals surface area (Å²) in [5, 5.41) is 0. The maximum atomic E-state index is 12.8. The molecule has 8 atom stereocenters. The third kappa shape index (κ3) is 10.6. The summed E-state index contributed by atoms with van der Waals surface area (Å²) < 4.78 is 21.5. The molecule has 0 aromatic heterocycles. The molecule has 0 radical (unpaired) electrons. The van der Waals surface area contributed by atoms with Crippen molar-refractivity contribution in [2.24, 2.45) is 45.8 Å². The number of carbonyl (C=O) groups is 5. The van der Waals surface area contributed by atoms with E-state index in [0.29, 0.717) is 35.9 Å². The summed E-state index contributed by atoms with van der Waals surface area (Å²) >= 11 is 0. The fourth-order valence-corrected chi connectivity index (χ4v) is 10.9. The van der Waals surface area contributed by atoms with Gasteiger partial charge in [0.15, 0.2) is 6.10 Å². The van der Waals surface area contributed by atoms with Gasteiger partial charge in [-0.2, -0.15) is 0 Å². The van der Waals surface area contributed by atoms with Gasteiger partial charge in [-0.05, 0) is 126 Å². The Balaban J connectivity index is 1.07. The summed E-state index contributed by atoms with van der Waals surface area (Å²) in [5.41, 5.74) is -0.174. The highest BCUT2D eigenvalue weighted by Gasteiger charge is 2.61. The van der Waals surface area contributed by atoms with Crippen LogP contribution in [0.3, 0.4) is 0 Å². The molecule has 4 rings (SSSR count). The van der Waals surface area contributed by atoms with Gasteiger partial charge in [0.1, 0.15) is 25.1 Å². The summed E-state index contributed by atoms with van der Waals surface area (Å²) in [6.45, 7) is 12.7. The largest absolute Gasteiger partial charge is 0.462 e. The van der Waals surface area contributed by atoms with E-state index in [4.69, 9.17) is 18.9 Å². The van der Waals surface area contributed by atoms with Gasteiger partial charge in [0.25, 0.3) is 0 Å². The Morgan fingerprint density at radius 1 is 0.706 bits per heavy atom. The molecular weight excluding hydrogens is 648 g/mol. The first-order valence-corrected chi connectivity index (χ1v) is 20.2. The Bertz CT molecular complexity index is 1210. The van der Waals surface area contributed by atoms with E-state index >= 15 is 0 Å². The van der Waals surface area contributed by atoms with Gasteiger partial charge < -0.3 is 18.9 Å². The summed E-state index contributed by atoms with van der Waals surface area (Å²) in [6, 6.07) is 0. The first-order chi connectivity index (χ1) is 24.1. The van der Waals surface area contributed by atoms with Crippen LogP contribution in [0.1, 0.15) is 164 Å². The predicted molar refractivity (Wildman–Crippen MR) is 194 cm³/mol. The van der Waals surface area contributed by atoms with Crippen LogP contribution in [0.15, 0.2) is 0 Å². The van der Waals surface area contributed by atoms with Crippen LogP contribution in [0.25, 0.3) is 0 Å². The molecule has 4 aliphatic rings. The predicted octanol–water partition coefficient (Wildman–Crippen LogP) is 8.72. The minimum Gasteiger partial charge on any atom is -0.462 e. The third-order valence-electron chi connectivity index (χ3n) is 13.9. The van der Waals surface area contributed by atoms with Crippen molar-refractivity contribution in [3.05, 3.63) is 0 Å².